The van der Waals surface area contributed by atoms with Crippen LogP contribution in [0, 0.1) is 0 Å². The van der Waals surface area contributed by atoms with Crippen molar-refractivity contribution in [1.29, 1.82) is 0 Å². The van der Waals surface area contributed by atoms with Crippen molar-refractivity contribution in [3.8, 4) is 0 Å². The Bertz CT molecular complexity index is 554. The van der Waals surface area contributed by atoms with Crippen molar-refractivity contribution in [2.45, 2.75) is 20.4 Å². The molecule has 19 heavy (non-hydrogen) atoms. The number of ketones is 1. The third-order valence-electron chi connectivity index (χ3n) is 2.94. The van der Waals surface area contributed by atoms with Crippen molar-refractivity contribution in [2.24, 2.45) is 0 Å². The van der Waals surface area contributed by atoms with Gasteiger partial charge in [-0.05, 0) is 38.1 Å². The summed E-state index contributed by atoms with van der Waals surface area (Å²) in [5.74, 6) is 0.860. The van der Waals surface area contributed by atoms with E-state index in [0.717, 1.165) is 18.1 Å². The molecule has 2 rings (SSSR count). The second kappa shape index (κ2) is 6.09. The van der Waals surface area contributed by atoms with E-state index in [2.05, 4.69) is 21.8 Å². The van der Waals surface area contributed by atoms with Crippen LogP contribution in [0.2, 0.25) is 0 Å². The highest BCUT2D eigenvalue weighted by atomic mass is 16.1. The Hall–Kier alpha value is -2.23. The van der Waals surface area contributed by atoms with E-state index in [0.29, 0.717) is 12.1 Å². The predicted octanol–water partition coefficient (Wildman–Crippen LogP) is 2.71. The highest BCUT2D eigenvalue weighted by Crippen LogP contribution is 2.15. The lowest BCUT2D eigenvalue weighted by atomic mass is 10.2. The molecule has 2 aromatic rings. The van der Waals surface area contributed by atoms with Gasteiger partial charge in [0, 0.05) is 24.5 Å². The van der Waals surface area contributed by atoms with Crippen LogP contribution in [0.5, 0.6) is 0 Å². The number of carbonyl (C=O) groups excluding carboxylic acids is 1. The summed E-state index contributed by atoms with van der Waals surface area (Å²) in [6.45, 7) is 5.12. The Labute approximate surface area is 113 Å². The van der Waals surface area contributed by atoms with Gasteiger partial charge in [-0.15, -0.1) is 0 Å². The van der Waals surface area contributed by atoms with E-state index in [4.69, 9.17) is 0 Å². The fraction of sp³-hybridized carbons (Fsp3) is 0.267. The van der Waals surface area contributed by atoms with E-state index < -0.39 is 0 Å². The second-order valence-electron chi connectivity index (χ2n) is 4.29. The first-order chi connectivity index (χ1) is 9.20. The minimum Gasteiger partial charge on any atom is -0.351 e. The van der Waals surface area contributed by atoms with Crippen LogP contribution in [0.3, 0.4) is 0 Å². The van der Waals surface area contributed by atoms with Gasteiger partial charge in [0.05, 0.1) is 12.2 Å². The smallest absolute Gasteiger partial charge is 0.159 e. The predicted molar refractivity (Wildman–Crippen MR) is 75.2 cm³/mol. The largest absolute Gasteiger partial charge is 0.351 e. The fourth-order valence-corrected chi connectivity index (χ4v) is 1.85. The molecular weight excluding hydrogens is 238 g/mol. The monoisotopic (exact) mass is 255 g/mol. The molecule has 0 fully saturated rings. The maximum Gasteiger partial charge on any atom is 0.159 e. The highest BCUT2D eigenvalue weighted by Gasteiger charge is 2.09. The lowest BCUT2D eigenvalue weighted by Gasteiger charge is -2.21. The second-order valence-corrected chi connectivity index (χ2v) is 4.29. The van der Waals surface area contributed by atoms with Crippen LogP contribution in [-0.2, 0) is 6.54 Å². The van der Waals surface area contributed by atoms with Crippen LogP contribution in [0.4, 0.5) is 5.82 Å². The number of rotatable bonds is 5. The zero-order valence-corrected chi connectivity index (χ0v) is 11.2. The average molecular weight is 255 g/mol. The molecule has 0 saturated carbocycles. The zero-order chi connectivity index (χ0) is 13.7. The molecule has 0 radical (unpaired) electrons. The molecule has 0 aliphatic heterocycles. The molecule has 4 nitrogen and oxygen atoms in total. The summed E-state index contributed by atoms with van der Waals surface area (Å²) in [6.07, 6.45) is 3.45. The summed E-state index contributed by atoms with van der Waals surface area (Å²) >= 11 is 0. The Morgan fingerprint density at radius 2 is 2.05 bits per heavy atom. The summed E-state index contributed by atoms with van der Waals surface area (Å²) in [4.78, 5) is 22.1. The van der Waals surface area contributed by atoms with Gasteiger partial charge in [-0.25, -0.2) is 4.98 Å². The topological polar surface area (TPSA) is 46.1 Å². The lowest BCUT2D eigenvalue weighted by molar-refractivity contribution is 0.101. The number of hydrogen-bond donors (Lipinski definition) is 0. The van der Waals surface area contributed by atoms with Crippen LogP contribution in [0.25, 0.3) is 0 Å². The quantitative estimate of drug-likeness (QED) is 0.771. The van der Waals surface area contributed by atoms with Gasteiger partial charge in [0.25, 0.3) is 0 Å². The van der Waals surface area contributed by atoms with Gasteiger partial charge in [0.2, 0.25) is 0 Å². The molecular formula is C15H17N3O. The van der Waals surface area contributed by atoms with Gasteiger partial charge in [-0.3, -0.25) is 9.78 Å². The summed E-state index contributed by atoms with van der Waals surface area (Å²) in [6, 6.07) is 9.41. The average Bonchev–Trinajstić information content (AvgIpc) is 2.46. The van der Waals surface area contributed by atoms with Crippen molar-refractivity contribution in [2.75, 3.05) is 11.4 Å². The zero-order valence-electron chi connectivity index (χ0n) is 11.2. The maximum absolute atomic E-state index is 11.4. The van der Waals surface area contributed by atoms with Crippen molar-refractivity contribution in [1.82, 2.24) is 9.97 Å². The van der Waals surface area contributed by atoms with E-state index in [9.17, 15) is 4.79 Å². The number of aromatic nitrogens is 2. The van der Waals surface area contributed by atoms with Crippen LogP contribution >= 0.6 is 0 Å². The molecule has 0 aliphatic carbocycles. The van der Waals surface area contributed by atoms with E-state index in [-0.39, 0.29) is 5.78 Å². The molecule has 0 N–H and O–H groups in total. The summed E-state index contributed by atoms with van der Waals surface area (Å²) in [5, 5.41) is 0. The molecule has 2 heterocycles. The van der Waals surface area contributed by atoms with Crippen molar-refractivity contribution < 1.29 is 4.79 Å². The van der Waals surface area contributed by atoms with Crippen LogP contribution in [-0.4, -0.2) is 22.3 Å². The molecule has 2 aromatic heterocycles. The molecule has 0 saturated heterocycles. The number of pyridine rings is 2. The van der Waals surface area contributed by atoms with Crippen molar-refractivity contribution in [3.05, 3.63) is 54.0 Å². The molecule has 0 spiro atoms. The molecule has 0 bridgehead atoms. The minimum absolute atomic E-state index is 0.0533. The van der Waals surface area contributed by atoms with E-state index in [1.807, 2.05) is 24.3 Å². The van der Waals surface area contributed by atoms with Crippen LogP contribution < -0.4 is 4.90 Å². The number of hydrogen-bond acceptors (Lipinski definition) is 4. The Morgan fingerprint density at radius 3 is 2.68 bits per heavy atom. The molecule has 98 valence electrons. The van der Waals surface area contributed by atoms with Gasteiger partial charge < -0.3 is 4.90 Å². The van der Waals surface area contributed by atoms with E-state index >= 15 is 0 Å². The molecule has 0 aromatic carbocycles. The number of Topliss-reactive ketones (excluding diaryl/α,β-unsaturated/α-hetero) is 1. The summed E-state index contributed by atoms with van der Waals surface area (Å²) in [5.41, 5.74) is 1.67. The third kappa shape index (κ3) is 3.37. The molecule has 0 atom stereocenters. The highest BCUT2D eigenvalue weighted by molar-refractivity contribution is 5.94. The normalized spacial score (nSPS) is 10.2. The van der Waals surface area contributed by atoms with Gasteiger partial charge in [0.1, 0.15) is 5.82 Å². The van der Waals surface area contributed by atoms with Crippen LogP contribution in [0.1, 0.15) is 29.9 Å². The number of carbonyl (C=O) groups is 1. The first-order valence-electron chi connectivity index (χ1n) is 6.32. The Balaban J connectivity index is 2.22. The molecule has 0 unspecified atom stereocenters. The van der Waals surface area contributed by atoms with Gasteiger partial charge in [-0.1, -0.05) is 6.07 Å². The number of nitrogens with zero attached hydrogens (tertiary/aromatic N) is 3. The van der Waals surface area contributed by atoms with E-state index in [1.165, 1.54) is 0 Å². The standard InChI is InChI=1S/C15H17N3O/c1-3-18(11-14-6-4-5-8-16-14)15-10-13(12(2)19)7-9-17-15/h4-10H,3,11H2,1-2H3. The van der Waals surface area contributed by atoms with Gasteiger partial charge in [0.15, 0.2) is 5.78 Å². The number of anilines is 1. The van der Waals surface area contributed by atoms with Gasteiger partial charge in [-0.2, -0.15) is 0 Å². The summed E-state index contributed by atoms with van der Waals surface area (Å²) in [7, 11) is 0. The van der Waals surface area contributed by atoms with E-state index in [1.54, 1.807) is 25.4 Å². The summed E-state index contributed by atoms with van der Waals surface area (Å²) < 4.78 is 0. The van der Waals surface area contributed by atoms with Crippen LogP contribution in [0.15, 0.2) is 42.7 Å². The molecule has 0 aliphatic rings. The molecule has 4 heteroatoms. The SMILES string of the molecule is CCN(Cc1ccccn1)c1cc(C(C)=O)ccn1. The van der Waals surface area contributed by atoms with Gasteiger partial charge >= 0.3 is 0 Å². The molecule has 0 amide bonds. The van der Waals surface area contributed by atoms with Crippen molar-refractivity contribution >= 4 is 11.6 Å². The fourth-order valence-electron chi connectivity index (χ4n) is 1.85. The van der Waals surface area contributed by atoms with Crippen molar-refractivity contribution in [3.63, 3.8) is 0 Å². The maximum atomic E-state index is 11.4. The first kappa shape index (κ1) is 13.2. The first-order valence-corrected chi connectivity index (χ1v) is 6.32. The Morgan fingerprint density at radius 1 is 1.21 bits per heavy atom. The Kier molecular flexibility index (Phi) is 4.23. The third-order valence-corrected chi connectivity index (χ3v) is 2.94. The lowest BCUT2D eigenvalue weighted by Crippen LogP contribution is -2.23. The minimum atomic E-state index is 0.0533.